The highest BCUT2D eigenvalue weighted by atomic mass is 35.5. The van der Waals surface area contributed by atoms with Crippen LogP contribution in [0.1, 0.15) is 32.0 Å². The predicted octanol–water partition coefficient (Wildman–Crippen LogP) is 7.29. The van der Waals surface area contributed by atoms with E-state index in [-0.39, 0.29) is 23.5 Å². The minimum Gasteiger partial charge on any atom is -0.311 e. The molecule has 10 heteroatoms. The van der Waals surface area contributed by atoms with Crippen LogP contribution in [0.3, 0.4) is 0 Å². The van der Waals surface area contributed by atoms with E-state index in [9.17, 15) is 14.0 Å². The van der Waals surface area contributed by atoms with Crippen molar-refractivity contribution in [1.29, 1.82) is 0 Å². The van der Waals surface area contributed by atoms with E-state index >= 15 is 0 Å². The van der Waals surface area contributed by atoms with Gasteiger partial charge in [-0.25, -0.2) is 13.9 Å². The number of nitrogens with one attached hydrogen (secondary N) is 2. The fraction of sp³-hybridized carbons (Fsp3) is 0.207. The Morgan fingerprint density at radius 3 is 2.28 bits per heavy atom. The van der Waals surface area contributed by atoms with E-state index in [2.05, 4.69) is 10.6 Å². The van der Waals surface area contributed by atoms with Crippen molar-refractivity contribution in [3.05, 3.63) is 106 Å². The van der Waals surface area contributed by atoms with Crippen LogP contribution in [0.15, 0.2) is 78.9 Å². The molecule has 7 nitrogen and oxygen atoms in total. The minimum absolute atomic E-state index is 0.123. The van der Waals surface area contributed by atoms with Crippen LogP contribution in [0.5, 0.6) is 0 Å². The maximum atomic E-state index is 13.6. The second-order valence-corrected chi connectivity index (χ2v) is 10.8. The van der Waals surface area contributed by atoms with Crippen LogP contribution in [0.4, 0.5) is 20.7 Å². The van der Waals surface area contributed by atoms with E-state index in [1.54, 1.807) is 22.9 Å². The van der Waals surface area contributed by atoms with Gasteiger partial charge >= 0.3 is 6.03 Å². The maximum Gasteiger partial charge on any atom is 0.322 e. The summed E-state index contributed by atoms with van der Waals surface area (Å²) in [4.78, 5) is 27.9. The van der Waals surface area contributed by atoms with Crippen LogP contribution in [0.2, 0.25) is 10.0 Å². The summed E-state index contributed by atoms with van der Waals surface area (Å²) in [7, 11) is 0. The van der Waals surface area contributed by atoms with Gasteiger partial charge < -0.3 is 15.5 Å². The quantitative estimate of drug-likeness (QED) is 0.246. The Kier molecular flexibility index (Phi) is 8.57. The average molecular weight is 568 g/mol. The number of amides is 3. The molecule has 3 aromatic carbocycles. The summed E-state index contributed by atoms with van der Waals surface area (Å²) in [5, 5.41) is 10.6. The Morgan fingerprint density at radius 1 is 0.923 bits per heavy atom. The van der Waals surface area contributed by atoms with E-state index in [0.29, 0.717) is 22.2 Å². The molecule has 0 bridgehead atoms. The molecule has 0 spiro atoms. The van der Waals surface area contributed by atoms with Gasteiger partial charge in [0.05, 0.1) is 21.4 Å². The number of urea groups is 1. The first-order valence-electron chi connectivity index (χ1n) is 12.2. The molecule has 202 valence electrons. The number of carbonyl (C=O) groups is 2. The lowest BCUT2D eigenvalue weighted by Crippen LogP contribution is -2.40. The Balaban J connectivity index is 1.59. The number of rotatable bonds is 7. The number of para-hydroxylation sites is 1. The monoisotopic (exact) mass is 567 g/mol. The summed E-state index contributed by atoms with van der Waals surface area (Å²) in [5.74, 6) is -0.616. The number of halogens is 3. The molecule has 0 aliphatic rings. The number of carbonyl (C=O) groups excluding carboxylic acids is 2. The molecule has 0 fully saturated rings. The summed E-state index contributed by atoms with van der Waals surface area (Å²) in [5.41, 5.74) is 2.20. The van der Waals surface area contributed by atoms with Crippen molar-refractivity contribution in [2.75, 3.05) is 17.2 Å². The van der Waals surface area contributed by atoms with Crippen LogP contribution in [0, 0.1) is 5.82 Å². The third kappa shape index (κ3) is 7.16. The molecule has 1 aromatic heterocycles. The molecule has 0 unspecified atom stereocenters. The average Bonchev–Trinajstić information content (AvgIpc) is 3.30. The Hall–Kier alpha value is -3.88. The van der Waals surface area contributed by atoms with E-state index in [4.69, 9.17) is 28.3 Å². The van der Waals surface area contributed by atoms with Gasteiger partial charge in [-0.2, -0.15) is 5.10 Å². The van der Waals surface area contributed by atoms with Crippen molar-refractivity contribution >= 4 is 46.6 Å². The van der Waals surface area contributed by atoms with Crippen LogP contribution in [-0.4, -0.2) is 33.2 Å². The predicted molar refractivity (Wildman–Crippen MR) is 153 cm³/mol. The first-order chi connectivity index (χ1) is 18.5. The van der Waals surface area contributed by atoms with Gasteiger partial charge in [0, 0.05) is 23.7 Å². The summed E-state index contributed by atoms with van der Waals surface area (Å²) in [6, 6.07) is 21.6. The zero-order chi connectivity index (χ0) is 28.2. The second kappa shape index (κ2) is 11.9. The number of benzene rings is 3. The summed E-state index contributed by atoms with van der Waals surface area (Å²) >= 11 is 12.3. The highest BCUT2D eigenvalue weighted by Crippen LogP contribution is 2.29. The van der Waals surface area contributed by atoms with Gasteiger partial charge in [0.1, 0.15) is 18.2 Å². The Labute approximate surface area is 236 Å². The SMILES string of the molecule is CC(C)(C)c1cc(NC(=O)CN(Cc2ccccc2)C(=O)Nc2ccc(F)c(Cl)c2)n(-c2ccccc2Cl)n1. The molecule has 4 aromatic rings. The fourth-order valence-electron chi connectivity index (χ4n) is 3.78. The van der Waals surface area contributed by atoms with E-state index in [1.165, 1.54) is 17.0 Å². The number of hydrogen-bond acceptors (Lipinski definition) is 3. The van der Waals surface area contributed by atoms with Crippen LogP contribution in [0.25, 0.3) is 5.69 Å². The summed E-state index contributed by atoms with van der Waals surface area (Å²) in [6.07, 6.45) is 0. The highest BCUT2D eigenvalue weighted by molar-refractivity contribution is 6.32. The second-order valence-electron chi connectivity index (χ2n) is 9.98. The number of aromatic nitrogens is 2. The van der Waals surface area contributed by atoms with Crippen molar-refractivity contribution < 1.29 is 14.0 Å². The van der Waals surface area contributed by atoms with Crippen molar-refractivity contribution in [1.82, 2.24) is 14.7 Å². The summed E-state index contributed by atoms with van der Waals surface area (Å²) in [6.45, 7) is 5.95. The standard InChI is InChI=1S/C29H28Cl2FN5O2/c1-29(2,3)25-16-26(37(35-25)24-12-8-7-11-21(24)30)34-27(38)18-36(17-19-9-5-4-6-10-19)28(39)33-20-13-14-23(32)22(31)15-20/h4-16H,17-18H2,1-3H3,(H,33,39)(H,34,38). The lowest BCUT2D eigenvalue weighted by atomic mass is 9.92. The fourth-order valence-corrected chi connectivity index (χ4v) is 4.18. The third-order valence-corrected chi connectivity index (χ3v) is 6.44. The van der Waals surface area contributed by atoms with Crippen LogP contribution >= 0.6 is 23.2 Å². The van der Waals surface area contributed by atoms with E-state index in [0.717, 1.165) is 17.3 Å². The summed E-state index contributed by atoms with van der Waals surface area (Å²) < 4.78 is 15.2. The molecule has 1 heterocycles. The van der Waals surface area contributed by atoms with Crippen LogP contribution < -0.4 is 10.6 Å². The molecule has 0 radical (unpaired) electrons. The zero-order valence-electron chi connectivity index (χ0n) is 21.7. The van der Waals surface area contributed by atoms with Crippen molar-refractivity contribution in [2.24, 2.45) is 0 Å². The molecule has 0 atom stereocenters. The van der Waals surface area contributed by atoms with Gasteiger partial charge in [0.25, 0.3) is 0 Å². The number of nitrogens with zero attached hydrogens (tertiary/aromatic N) is 3. The maximum absolute atomic E-state index is 13.6. The van der Waals surface area contributed by atoms with Crippen molar-refractivity contribution in [3.63, 3.8) is 0 Å². The van der Waals surface area contributed by atoms with Gasteiger partial charge in [-0.1, -0.05) is 86.4 Å². The number of hydrogen-bond donors (Lipinski definition) is 2. The lowest BCUT2D eigenvalue weighted by Gasteiger charge is -2.23. The molecule has 2 N–H and O–H groups in total. The molecule has 39 heavy (non-hydrogen) atoms. The van der Waals surface area contributed by atoms with Gasteiger partial charge in [-0.05, 0) is 35.9 Å². The van der Waals surface area contributed by atoms with Crippen molar-refractivity contribution in [2.45, 2.75) is 32.7 Å². The highest BCUT2D eigenvalue weighted by Gasteiger charge is 2.24. The molecule has 0 aliphatic heterocycles. The molecular weight excluding hydrogens is 540 g/mol. The normalized spacial score (nSPS) is 11.2. The molecule has 0 saturated heterocycles. The van der Waals surface area contributed by atoms with Crippen molar-refractivity contribution in [3.8, 4) is 5.69 Å². The molecule has 0 saturated carbocycles. The Bertz CT molecular complexity index is 1480. The first kappa shape index (κ1) is 28.1. The van der Waals surface area contributed by atoms with Gasteiger partial charge in [0.2, 0.25) is 5.91 Å². The van der Waals surface area contributed by atoms with Gasteiger partial charge in [-0.15, -0.1) is 0 Å². The molecular formula is C29H28Cl2FN5O2. The zero-order valence-corrected chi connectivity index (χ0v) is 23.2. The molecule has 3 amide bonds. The largest absolute Gasteiger partial charge is 0.322 e. The Morgan fingerprint density at radius 2 is 1.62 bits per heavy atom. The third-order valence-electron chi connectivity index (χ3n) is 5.83. The van der Waals surface area contributed by atoms with E-state index in [1.807, 2.05) is 63.2 Å². The molecule has 0 aliphatic carbocycles. The topological polar surface area (TPSA) is 79.3 Å². The van der Waals surface area contributed by atoms with Gasteiger partial charge in [0.15, 0.2) is 0 Å². The number of anilines is 2. The lowest BCUT2D eigenvalue weighted by molar-refractivity contribution is -0.116. The molecule has 4 rings (SSSR count). The first-order valence-corrected chi connectivity index (χ1v) is 13.0. The minimum atomic E-state index is -0.597. The van der Waals surface area contributed by atoms with E-state index < -0.39 is 17.8 Å². The van der Waals surface area contributed by atoms with Crippen LogP contribution in [-0.2, 0) is 16.8 Å². The smallest absolute Gasteiger partial charge is 0.311 e. The van der Waals surface area contributed by atoms with Gasteiger partial charge in [-0.3, -0.25) is 4.79 Å².